The molecular weight excluding hydrogens is 309 g/mol. The second kappa shape index (κ2) is 6.07. The van der Waals surface area contributed by atoms with Crippen molar-refractivity contribution in [2.45, 2.75) is 12.5 Å². The number of hydrogen-bond acceptors (Lipinski definition) is 4. The molecule has 3 N–H and O–H groups in total. The van der Waals surface area contributed by atoms with Crippen molar-refractivity contribution in [1.29, 1.82) is 0 Å². The molecule has 1 aromatic heterocycles. The molecule has 0 fully saturated rings. The van der Waals surface area contributed by atoms with Crippen LogP contribution in [0.15, 0.2) is 42.5 Å². The van der Waals surface area contributed by atoms with Crippen molar-refractivity contribution in [1.82, 2.24) is 10.4 Å². The van der Waals surface area contributed by atoms with E-state index < -0.39 is 5.82 Å². The summed E-state index contributed by atoms with van der Waals surface area (Å²) in [5.74, 6) is 5.19. The molecule has 0 radical (unpaired) electrons. The molecule has 0 aliphatic rings. The van der Waals surface area contributed by atoms with Gasteiger partial charge >= 0.3 is 0 Å². The van der Waals surface area contributed by atoms with Crippen LogP contribution in [-0.4, -0.2) is 4.98 Å². The smallest absolute Gasteiger partial charge is 0.141 e. The molecule has 3 rings (SSSR count). The van der Waals surface area contributed by atoms with E-state index in [0.717, 1.165) is 20.8 Å². The first-order valence-electron chi connectivity index (χ1n) is 6.43. The first-order valence-corrected chi connectivity index (χ1v) is 7.62. The quantitative estimate of drug-likeness (QED) is 0.567. The van der Waals surface area contributed by atoms with Gasteiger partial charge in [-0.25, -0.2) is 9.37 Å². The van der Waals surface area contributed by atoms with Gasteiger partial charge in [0.05, 0.1) is 26.3 Å². The van der Waals surface area contributed by atoms with Crippen LogP contribution < -0.4 is 11.3 Å². The molecule has 108 valence electrons. The number of hydrazine groups is 1. The monoisotopic (exact) mass is 321 g/mol. The minimum atomic E-state index is -0.434. The van der Waals surface area contributed by atoms with Gasteiger partial charge in [-0.2, -0.15) is 0 Å². The summed E-state index contributed by atoms with van der Waals surface area (Å²) < 4.78 is 14.4. The zero-order valence-electron chi connectivity index (χ0n) is 11.0. The van der Waals surface area contributed by atoms with Gasteiger partial charge in [0, 0.05) is 6.42 Å². The van der Waals surface area contributed by atoms with Crippen molar-refractivity contribution in [2.24, 2.45) is 5.84 Å². The van der Waals surface area contributed by atoms with Crippen LogP contribution in [-0.2, 0) is 6.42 Å². The van der Waals surface area contributed by atoms with Crippen LogP contribution in [0.2, 0.25) is 5.02 Å². The Bertz CT molecular complexity index is 741. The van der Waals surface area contributed by atoms with Gasteiger partial charge in [0.15, 0.2) is 0 Å². The summed E-state index contributed by atoms with van der Waals surface area (Å²) in [5.41, 5.74) is 4.56. The molecular formula is C15H13ClFN3S. The van der Waals surface area contributed by atoms with Gasteiger partial charge < -0.3 is 0 Å². The van der Waals surface area contributed by atoms with E-state index in [1.165, 1.54) is 6.07 Å². The molecule has 2 aromatic carbocycles. The van der Waals surface area contributed by atoms with Gasteiger partial charge in [-0.05, 0) is 29.8 Å². The van der Waals surface area contributed by atoms with E-state index in [4.69, 9.17) is 17.4 Å². The van der Waals surface area contributed by atoms with Crippen LogP contribution in [0.1, 0.15) is 16.6 Å². The van der Waals surface area contributed by atoms with E-state index in [2.05, 4.69) is 10.4 Å². The number of nitrogens with zero attached hydrogens (tertiary/aromatic N) is 1. The maximum Gasteiger partial charge on any atom is 0.141 e. The maximum atomic E-state index is 13.2. The number of hydrogen-bond donors (Lipinski definition) is 2. The molecule has 3 nitrogen and oxygen atoms in total. The van der Waals surface area contributed by atoms with Gasteiger partial charge in [-0.3, -0.25) is 11.3 Å². The van der Waals surface area contributed by atoms with Gasteiger partial charge in [0.2, 0.25) is 0 Å². The third kappa shape index (κ3) is 3.06. The molecule has 0 bridgehead atoms. The summed E-state index contributed by atoms with van der Waals surface area (Å²) in [4.78, 5) is 4.58. The Kier molecular flexibility index (Phi) is 4.17. The number of rotatable bonds is 4. The zero-order valence-corrected chi connectivity index (χ0v) is 12.6. The lowest BCUT2D eigenvalue weighted by Gasteiger charge is -2.15. The van der Waals surface area contributed by atoms with Crippen molar-refractivity contribution in [3.8, 4) is 0 Å². The largest absolute Gasteiger partial charge is 0.271 e. The van der Waals surface area contributed by atoms with Crippen LogP contribution in [0, 0.1) is 5.82 Å². The molecule has 1 atom stereocenters. The van der Waals surface area contributed by atoms with Gasteiger partial charge in [0.1, 0.15) is 5.82 Å². The second-order valence-corrected chi connectivity index (χ2v) is 6.19. The summed E-state index contributed by atoms with van der Waals surface area (Å²) >= 11 is 7.45. The molecule has 0 aliphatic heterocycles. The second-order valence-electron chi connectivity index (χ2n) is 4.67. The average molecular weight is 322 g/mol. The molecule has 1 heterocycles. The van der Waals surface area contributed by atoms with Crippen LogP contribution in [0.25, 0.3) is 10.2 Å². The topological polar surface area (TPSA) is 50.9 Å². The van der Waals surface area contributed by atoms with E-state index >= 15 is 0 Å². The van der Waals surface area contributed by atoms with Crippen LogP contribution in [0.5, 0.6) is 0 Å². The fraction of sp³-hybridized carbons (Fsp3) is 0.133. The number of halogens is 2. The highest BCUT2D eigenvalue weighted by molar-refractivity contribution is 7.18. The Balaban J connectivity index is 1.88. The molecule has 0 spiro atoms. The molecule has 0 amide bonds. The highest BCUT2D eigenvalue weighted by atomic mass is 35.5. The van der Waals surface area contributed by atoms with Crippen molar-refractivity contribution in [3.05, 3.63) is 63.9 Å². The predicted octanol–water partition coefficient (Wildman–Crippen LogP) is 3.84. The lowest BCUT2D eigenvalue weighted by Crippen LogP contribution is -2.29. The minimum absolute atomic E-state index is 0.0945. The maximum absolute atomic E-state index is 13.2. The Morgan fingerprint density at radius 2 is 2.10 bits per heavy atom. The summed E-state index contributed by atoms with van der Waals surface area (Å²) in [6.45, 7) is 0. The average Bonchev–Trinajstić information content (AvgIpc) is 2.90. The number of fused-ring (bicyclic) bond motifs is 1. The molecule has 6 heteroatoms. The predicted molar refractivity (Wildman–Crippen MR) is 84.8 cm³/mol. The van der Waals surface area contributed by atoms with Crippen molar-refractivity contribution >= 4 is 33.2 Å². The van der Waals surface area contributed by atoms with E-state index in [1.54, 1.807) is 23.5 Å². The third-order valence-corrected chi connectivity index (χ3v) is 4.61. The number of para-hydroxylation sites is 1. The zero-order chi connectivity index (χ0) is 14.8. The number of aromatic nitrogens is 1. The summed E-state index contributed by atoms with van der Waals surface area (Å²) in [6, 6.07) is 12.4. The summed E-state index contributed by atoms with van der Waals surface area (Å²) in [5, 5.41) is 1.07. The highest BCUT2D eigenvalue weighted by Crippen LogP contribution is 2.27. The van der Waals surface area contributed by atoms with Crippen LogP contribution >= 0.6 is 22.9 Å². The Labute approximate surface area is 130 Å². The van der Waals surface area contributed by atoms with Gasteiger partial charge in [-0.1, -0.05) is 29.8 Å². The van der Waals surface area contributed by atoms with E-state index in [9.17, 15) is 4.39 Å². The lowest BCUT2D eigenvalue weighted by molar-refractivity contribution is 0.548. The van der Waals surface area contributed by atoms with E-state index in [-0.39, 0.29) is 11.1 Å². The summed E-state index contributed by atoms with van der Waals surface area (Å²) in [6.07, 6.45) is 0.623. The van der Waals surface area contributed by atoms with Gasteiger partial charge in [-0.15, -0.1) is 11.3 Å². The molecule has 21 heavy (non-hydrogen) atoms. The minimum Gasteiger partial charge on any atom is -0.271 e. The molecule has 1 unspecified atom stereocenters. The fourth-order valence-electron chi connectivity index (χ4n) is 2.18. The first kappa shape index (κ1) is 14.4. The van der Waals surface area contributed by atoms with Crippen molar-refractivity contribution in [2.75, 3.05) is 0 Å². The third-order valence-electron chi connectivity index (χ3n) is 3.26. The molecule has 3 aromatic rings. The normalized spacial score (nSPS) is 12.7. The van der Waals surface area contributed by atoms with Crippen LogP contribution in [0.4, 0.5) is 4.39 Å². The Morgan fingerprint density at radius 1 is 1.29 bits per heavy atom. The Morgan fingerprint density at radius 3 is 2.81 bits per heavy atom. The lowest BCUT2D eigenvalue weighted by atomic mass is 10.0. The fourth-order valence-corrected chi connectivity index (χ4v) is 3.39. The van der Waals surface area contributed by atoms with Crippen molar-refractivity contribution < 1.29 is 4.39 Å². The Hall–Kier alpha value is -1.53. The molecule has 0 saturated carbocycles. The number of thiazole rings is 1. The standard InChI is InChI=1S/C15H13ClFN3S/c16-10-7-9(5-6-11(10)17)13(20-18)8-15-19-12-3-1-2-4-14(12)21-15/h1-7,13,20H,8,18H2. The first-order chi connectivity index (χ1) is 10.2. The van der Waals surface area contributed by atoms with Crippen molar-refractivity contribution in [3.63, 3.8) is 0 Å². The highest BCUT2D eigenvalue weighted by Gasteiger charge is 2.15. The van der Waals surface area contributed by atoms with E-state index in [0.29, 0.717) is 6.42 Å². The van der Waals surface area contributed by atoms with Crippen LogP contribution in [0.3, 0.4) is 0 Å². The molecule has 0 aliphatic carbocycles. The number of nitrogens with two attached hydrogens (primary N) is 1. The number of nitrogens with one attached hydrogen (secondary N) is 1. The van der Waals surface area contributed by atoms with E-state index in [1.807, 2.05) is 24.3 Å². The number of benzene rings is 2. The van der Waals surface area contributed by atoms with Gasteiger partial charge in [0.25, 0.3) is 0 Å². The SMILES string of the molecule is NNC(Cc1nc2ccccc2s1)c1ccc(F)c(Cl)c1. The molecule has 0 saturated heterocycles. The summed E-state index contributed by atoms with van der Waals surface area (Å²) in [7, 11) is 0.